The van der Waals surface area contributed by atoms with Crippen molar-refractivity contribution < 1.29 is 9.13 Å². The molecule has 0 amide bonds. The Labute approximate surface area is 119 Å². The van der Waals surface area contributed by atoms with Crippen LogP contribution >= 0.6 is 0 Å². The van der Waals surface area contributed by atoms with Crippen molar-refractivity contribution >= 4 is 0 Å². The van der Waals surface area contributed by atoms with Crippen molar-refractivity contribution in [3.63, 3.8) is 0 Å². The fourth-order valence-corrected chi connectivity index (χ4v) is 2.17. The van der Waals surface area contributed by atoms with Crippen molar-refractivity contribution in [2.75, 3.05) is 13.7 Å². The van der Waals surface area contributed by atoms with E-state index in [1.54, 1.807) is 0 Å². The van der Waals surface area contributed by atoms with E-state index in [1.165, 1.54) is 17.7 Å². The van der Waals surface area contributed by atoms with Crippen LogP contribution in [-0.2, 0) is 0 Å². The summed E-state index contributed by atoms with van der Waals surface area (Å²) in [7, 11) is 1.90. The molecule has 3 heteroatoms. The number of halogens is 1. The van der Waals surface area contributed by atoms with Crippen LogP contribution in [0.2, 0.25) is 0 Å². The van der Waals surface area contributed by atoms with Gasteiger partial charge in [-0.25, -0.2) is 4.39 Å². The third-order valence-electron chi connectivity index (χ3n) is 3.29. The maximum atomic E-state index is 12.9. The molecule has 1 atom stereocenters. The second kappa shape index (κ2) is 7.06. The zero-order chi connectivity index (χ0) is 14.4. The van der Waals surface area contributed by atoms with E-state index in [9.17, 15) is 4.39 Å². The molecule has 2 rings (SSSR count). The summed E-state index contributed by atoms with van der Waals surface area (Å²) in [5.74, 6) is 0.679. The van der Waals surface area contributed by atoms with Gasteiger partial charge in [0.1, 0.15) is 11.6 Å². The molecule has 2 nitrogen and oxygen atoms in total. The van der Waals surface area contributed by atoms with E-state index >= 15 is 0 Å². The largest absolute Gasteiger partial charge is 0.494 e. The van der Waals surface area contributed by atoms with Crippen molar-refractivity contribution in [3.8, 4) is 5.75 Å². The molecular formula is C17H20FNO. The number of rotatable bonds is 6. The molecule has 0 saturated carbocycles. The van der Waals surface area contributed by atoms with E-state index in [0.29, 0.717) is 6.61 Å². The summed E-state index contributed by atoms with van der Waals surface area (Å²) in [5, 5.41) is 3.23. The first kappa shape index (κ1) is 14.5. The van der Waals surface area contributed by atoms with Gasteiger partial charge < -0.3 is 10.1 Å². The van der Waals surface area contributed by atoms with Crippen LogP contribution in [0, 0.1) is 12.7 Å². The first-order valence-electron chi connectivity index (χ1n) is 6.81. The van der Waals surface area contributed by atoms with Gasteiger partial charge in [0.05, 0.1) is 6.61 Å². The SMILES string of the molecule is CNC(CCOc1cccc(C)c1)c1ccc(F)cc1. The third-order valence-corrected chi connectivity index (χ3v) is 3.29. The topological polar surface area (TPSA) is 21.3 Å². The monoisotopic (exact) mass is 273 g/mol. The predicted molar refractivity (Wildman–Crippen MR) is 79.5 cm³/mol. The highest BCUT2D eigenvalue weighted by Gasteiger charge is 2.09. The van der Waals surface area contributed by atoms with Crippen LogP contribution in [0.25, 0.3) is 0 Å². The second-order valence-electron chi connectivity index (χ2n) is 4.85. The molecule has 0 heterocycles. The van der Waals surface area contributed by atoms with Crippen LogP contribution < -0.4 is 10.1 Å². The standard InChI is InChI=1S/C17H20FNO/c1-13-4-3-5-16(12-13)20-11-10-17(19-2)14-6-8-15(18)9-7-14/h3-9,12,17,19H,10-11H2,1-2H3. The predicted octanol–water partition coefficient (Wildman–Crippen LogP) is 3.86. The molecule has 0 aromatic heterocycles. The maximum absolute atomic E-state index is 12.9. The summed E-state index contributed by atoms with van der Waals surface area (Å²) in [6.07, 6.45) is 0.829. The Hall–Kier alpha value is -1.87. The summed E-state index contributed by atoms with van der Waals surface area (Å²) in [5.41, 5.74) is 2.26. The van der Waals surface area contributed by atoms with E-state index in [2.05, 4.69) is 5.32 Å². The fraction of sp³-hybridized carbons (Fsp3) is 0.294. The fourth-order valence-electron chi connectivity index (χ4n) is 2.17. The van der Waals surface area contributed by atoms with Gasteiger partial charge in [-0.2, -0.15) is 0 Å². The Bertz CT molecular complexity index is 539. The van der Waals surface area contributed by atoms with Gasteiger partial charge in [0.25, 0.3) is 0 Å². The minimum Gasteiger partial charge on any atom is -0.494 e. The zero-order valence-corrected chi connectivity index (χ0v) is 11.9. The van der Waals surface area contributed by atoms with Crippen molar-refractivity contribution in [1.29, 1.82) is 0 Å². The number of aryl methyl sites for hydroxylation is 1. The highest BCUT2D eigenvalue weighted by atomic mass is 19.1. The van der Waals surface area contributed by atoms with Gasteiger partial charge in [-0.05, 0) is 49.4 Å². The first-order chi connectivity index (χ1) is 9.69. The van der Waals surface area contributed by atoms with Crippen molar-refractivity contribution in [1.82, 2.24) is 5.32 Å². The molecule has 106 valence electrons. The molecule has 0 saturated heterocycles. The van der Waals surface area contributed by atoms with Gasteiger partial charge in [0.2, 0.25) is 0 Å². The van der Waals surface area contributed by atoms with Crippen molar-refractivity contribution in [2.24, 2.45) is 0 Å². The van der Waals surface area contributed by atoms with E-state index in [4.69, 9.17) is 4.74 Å². The second-order valence-corrected chi connectivity index (χ2v) is 4.85. The van der Waals surface area contributed by atoms with Gasteiger partial charge in [-0.15, -0.1) is 0 Å². The van der Waals surface area contributed by atoms with E-state index in [1.807, 2.05) is 50.4 Å². The zero-order valence-electron chi connectivity index (χ0n) is 11.9. The molecule has 0 aliphatic heterocycles. The average molecular weight is 273 g/mol. The minimum atomic E-state index is -0.209. The molecule has 2 aromatic rings. The minimum absolute atomic E-state index is 0.167. The van der Waals surface area contributed by atoms with Gasteiger partial charge in [0.15, 0.2) is 0 Å². The van der Waals surface area contributed by atoms with Crippen LogP contribution in [0.3, 0.4) is 0 Å². The number of nitrogens with one attached hydrogen (secondary N) is 1. The Morgan fingerprint density at radius 2 is 1.90 bits per heavy atom. The van der Waals surface area contributed by atoms with Crippen LogP contribution in [0.5, 0.6) is 5.75 Å². The molecule has 0 aliphatic rings. The summed E-state index contributed by atoms with van der Waals surface area (Å²) >= 11 is 0. The molecule has 0 bridgehead atoms. The molecule has 0 spiro atoms. The number of ether oxygens (including phenoxy) is 1. The van der Waals surface area contributed by atoms with Gasteiger partial charge in [-0.1, -0.05) is 24.3 Å². The smallest absolute Gasteiger partial charge is 0.123 e. The number of benzene rings is 2. The van der Waals surface area contributed by atoms with Crippen molar-refractivity contribution in [2.45, 2.75) is 19.4 Å². The number of hydrogen-bond donors (Lipinski definition) is 1. The van der Waals surface area contributed by atoms with Crippen LogP contribution in [0.1, 0.15) is 23.6 Å². The van der Waals surface area contributed by atoms with E-state index in [0.717, 1.165) is 17.7 Å². The Balaban J connectivity index is 1.89. The Kier molecular flexibility index (Phi) is 5.13. The van der Waals surface area contributed by atoms with Gasteiger partial charge >= 0.3 is 0 Å². The molecule has 1 unspecified atom stereocenters. The molecular weight excluding hydrogens is 253 g/mol. The van der Waals surface area contributed by atoms with Crippen LogP contribution in [0.15, 0.2) is 48.5 Å². The summed E-state index contributed by atoms with van der Waals surface area (Å²) in [6.45, 7) is 2.66. The van der Waals surface area contributed by atoms with Gasteiger partial charge in [0, 0.05) is 12.5 Å². The van der Waals surface area contributed by atoms with Crippen molar-refractivity contribution in [3.05, 3.63) is 65.5 Å². The summed E-state index contributed by atoms with van der Waals surface area (Å²) < 4.78 is 18.7. The van der Waals surface area contributed by atoms with Gasteiger partial charge in [-0.3, -0.25) is 0 Å². The summed E-state index contributed by atoms with van der Waals surface area (Å²) in [6, 6.07) is 14.8. The molecule has 20 heavy (non-hydrogen) atoms. The summed E-state index contributed by atoms with van der Waals surface area (Å²) in [4.78, 5) is 0. The molecule has 1 N–H and O–H groups in total. The lowest BCUT2D eigenvalue weighted by Gasteiger charge is -2.17. The first-order valence-corrected chi connectivity index (χ1v) is 6.81. The lowest BCUT2D eigenvalue weighted by Crippen LogP contribution is -2.19. The highest BCUT2D eigenvalue weighted by molar-refractivity contribution is 5.27. The van der Waals surface area contributed by atoms with Crippen LogP contribution in [-0.4, -0.2) is 13.7 Å². The number of hydrogen-bond acceptors (Lipinski definition) is 2. The Morgan fingerprint density at radius 1 is 1.15 bits per heavy atom. The van der Waals surface area contributed by atoms with E-state index in [-0.39, 0.29) is 11.9 Å². The lowest BCUT2D eigenvalue weighted by molar-refractivity contribution is 0.290. The molecule has 2 aromatic carbocycles. The molecule has 0 aliphatic carbocycles. The third kappa shape index (κ3) is 4.07. The molecule has 0 radical (unpaired) electrons. The maximum Gasteiger partial charge on any atom is 0.123 e. The molecule has 0 fully saturated rings. The Morgan fingerprint density at radius 3 is 2.55 bits per heavy atom. The lowest BCUT2D eigenvalue weighted by atomic mass is 10.0. The quantitative estimate of drug-likeness (QED) is 0.862. The van der Waals surface area contributed by atoms with E-state index < -0.39 is 0 Å². The van der Waals surface area contributed by atoms with Crippen LogP contribution in [0.4, 0.5) is 4.39 Å². The average Bonchev–Trinajstić information content (AvgIpc) is 2.45. The highest BCUT2D eigenvalue weighted by Crippen LogP contribution is 2.18. The normalized spacial score (nSPS) is 12.2.